The number of benzene rings is 2. The maximum Gasteiger partial charge on any atom is 0.257 e. The van der Waals surface area contributed by atoms with E-state index >= 15 is 0 Å². The molecular weight excluding hydrogens is 453 g/mol. The van der Waals surface area contributed by atoms with Crippen LogP contribution >= 0.6 is 27.5 Å². The number of aromatic nitrogens is 2. The van der Waals surface area contributed by atoms with Crippen molar-refractivity contribution in [2.45, 2.75) is 6.54 Å². The topological polar surface area (TPSA) is 65.4 Å². The normalized spacial score (nSPS) is 10.6. The maximum absolute atomic E-state index is 14.0. The Morgan fingerprint density at radius 1 is 1.25 bits per heavy atom. The molecule has 146 valence electrons. The summed E-state index contributed by atoms with van der Waals surface area (Å²) < 4.78 is 26.4. The SMILES string of the molecule is COc1ccc(C(=O)Nc2nn(Cc3c(F)cccc3Cl)cc2Br)cc1OC. The minimum absolute atomic E-state index is 0.121. The largest absolute Gasteiger partial charge is 0.493 e. The fourth-order valence-electron chi connectivity index (χ4n) is 2.57. The van der Waals surface area contributed by atoms with Crippen molar-refractivity contribution in [2.75, 3.05) is 19.5 Å². The molecule has 0 saturated carbocycles. The van der Waals surface area contributed by atoms with Gasteiger partial charge in [0.05, 0.1) is 25.2 Å². The van der Waals surface area contributed by atoms with Gasteiger partial charge < -0.3 is 14.8 Å². The Labute approximate surface area is 174 Å². The van der Waals surface area contributed by atoms with Gasteiger partial charge in [0.15, 0.2) is 17.3 Å². The number of halogens is 3. The van der Waals surface area contributed by atoms with Crippen molar-refractivity contribution in [1.82, 2.24) is 9.78 Å². The Bertz CT molecular complexity index is 1010. The molecule has 0 saturated heterocycles. The van der Waals surface area contributed by atoms with Crippen LogP contribution in [0.3, 0.4) is 0 Å². The number of hydrogen-bond donors (Lipinski definition) is 1. The predicted molar refractivity (Wildman–Crippen MR) is 108 cm³/mol. The van der Waals surface area contributed by atoms with Crippen LogP contribution in [0.4, 0.5) is 10.2 Å². The third-order valence-corrected chi connectivity index (χ3v) is 4.91. The molecule has 0 unspecified atom stereocenters. The number of carbonyl (C=O) groups excluding carboxylic acids is 1. The van der Waals surface area contributed by atoms with Crippen LogP contribution in [0.2, 0.25) is 5.02 Å². The fraction of sp³-hybridized carbons (Fsp3) is 0.158. The van der Waals surface area contributed by atoms with E-state index in [4.69, 9.17) is 21.1 Å². The molecule has 0 aliphatic rings. The highest BCUT2D eigenvalue weighted by atomic mass is 79.9. The standard InChI is InChI=1S/C19H16BrClFN3O3/c1-27-16-7-6-11(8-17(16)28-2)19(26)23-18-13(20)10-25(24-18)9-12-14(21)4-3-5-15(12)22/h3-8,10H,9H2,1-2H3,(H,23,24,26). The summed E-state index contributed by atoms with van der Waals surface area (Å²) in [6.45, 7) is 0.121. The Kier molecular flexibility index (Phi) is 6.21. The number of hydrogen-bond acceptors (Lipinski definition) is 4. The Morgan fingerprint density at radius 2 is 2.00 bits per heavy atom. The lowest BCUT2D eigenvalue weighted by molar-refractivity contribution is 0.102. The lowest BCUT2D eigenvalue weighted by atomic mass is 10.2. The molecule has 0 fully saturated rings. The summed E-state index contributed by atoms with van der Waals surface area (Å²) >= 11 is 9.41. The molecule has 0 radical (unpaired) electrons. The van der Waals surface area contributed by atoms with E-state index in [1.807, 2.05) is 0 Å². The monoisotopic (exact) mass is 467 g/mol. The van der Waals surface area contributed by atoms with Crippen LogP contribution in [0.1, 0.15) is 15.9 Å². The van der Waals surface area contributed by atoms with Crippen LogP contribution in [-0.2, 0) is 6.54 Å². The lowest BCUT2D eigenvalue weighted by Crippen LogP contribution is -2.13. The average molecular weight is 469 g/mol. The molecule has 1 heterocycles. The van der Waals surface area contributed by atoms with Crippen LogP contribution < -0.4 is 14.8 Å². The smallest absolute Gasteiger partial charge is 0.257 e. The van der Waals surface area contributed by atoms with Gasteiger partial charge >= 0.3 is 0 Å². The molecule has 0 aliphatic heterocycles. The first-order chi connectivity index (χ1) is 13.4. The van der Waals surface area contributed by atoms with Crippen molar-refractivity contribution in [2.24, 2.45) is 0 Å². The first-order valence-electron chi connectivity index (χ1n) is 8.12. The van der Waals surface area contributed by atoms with Crippen LogP contribution in [0.25, 0.3) is 0 Å². The van der Waals surface area contributed by atoms with Gasteiger partial charge in [-0.2, -0.15) is 5.10 Å². The summed E-state index contributed by atoms with van der Waals surface area (Å²) in [5.74, 6) is 0.457. The molecule has 9 heteroatoms. The minimum Gasteiger partial charge on any atom is -0.493 e. The van der Waals surface area contributed by atoms with Crippen molar-refractivity contribution in [3.8, 4) is 11.5 Å². The van der Waals surface area contributed by atoms with E-state index in [2.05, 4.69) is 26.3 Å². The highest BCUT2D eigenvalue weighted by Gasteiger charge is 2.16. The van der Waals surface area contributed by atoms with Crippen molar-refractivity contribution in [3.63, 3.8) is 0 Å². The molecule has 0 atom stereocenters. The van der Waals surface area contributed by atoms with Crippen LogP contribution in [0.15, 0.2) is 47.1 Å². The van der Waals surface area contributed by atoms with Gasteiger partial charge in [-0.1, -0.05) is 17.7 Å². The molecule has 2 aromatic carbocycles. The number of ether oxygens (including phenoxy) is 2. The fourth-order valence-corrected chi connectivity index (χ4v) is 3.20. The van der Waals surface area contributed by atoms with Crippen LogP contribution in [0.5, 0.6) is 11.5 Å². The third-order valence-electron chi connectivity index (χ3n) is 3.98. The van der Waals surface area contributed by atoms with Crippen LogP contribution in [-0.4, -0.2) is 29.9 Å². The number of nitrogens with zero attached hydrogens (tertiary/aromatic N) is 2. The molecule has 3 aromatic rings. The minimum atomic E-state index is -0.421. The lowest BCUT2D eigenvalue weighted by Gasteiger charge is -2.09. The van der Waals surface area contributed by atoms with E-state index in [9.17, 15) is 9.18 Å². The number of methoxy groups -OCH3 is 2. The molecule has 1 N–H and O–H groups in total. The molecule has 1 amide bonds. The predicted octanol–water partition coefficient (Wildman–Crippen LogP) is 4.76. The first kappa shape index (κ1) is 20.2. The number of anilines is 1. The van der Waals surface area contributed by atoms with E-state index in [1.165, 1.54) is 31.0 Å². The Hall–Kier alpha value is -2.58. The van der Waals surface area contributed by atoms with Gasteiger partial charge in [0.1, 0.15) is 5.82 Å². The zero-order valence-electron chi connectivity index (χ0n) is 15.0. The summed E-state index contributed by atoms with van der Waals surface area (Å²) in [5.41, 5.74) is 0.688. The van der Waals surface area contributed by atoms with Gasteiger partial charge in [0.25, 0.3) is 5.91 Å². The third kappa shape index (κ3) is 4.28. The number of nitrogens with one attached hydrogen (secondary N) is 1. The molecule has 3 rings (SSSR count). The highest BCUT2D eigenvalue weighted by Crippen LogP contribution is 2.29. The quantitative estimate of drug-likeness (QED) is 0.567. The van der Waals surface area contributed by atoms with Gasteiger partial charge in [-0.05, 0) is 46.3 Å². The Balaban J connectivity index is 1.79. The van der Waals surface area contributed by atoms with E-state index in [1.54, 1.807) is 30.5 Å². The maximum atomic E-state index is 14.0. The summed E-state index contributed by atoms with van der Waals surface area (Å²) in [5, 5.41) is 7.30. The van der Waals surface area contributed by atoms with E-state index in [0.717, 1.165) is 0 Å². The van der Waals surface area contributed by atoms with E-state index < -0.39 is 5.82 Å². The molecule has 0 bridgehead atoms. The van der Waals surface area contributed by atoms with E-state index in [-0.39, 0.29) is 12.5 Å². The Morgan fingerprint density at radius 3 is 2.68 bits per heavy atom. The molecule has 0 aliphatic carbocycles. The molecule has 6 nitrogen and oxygen atoms in total. The van der Waals surface area contributed by atoms with Gasteiger partial charge in [-0.15, -0.1) is 0 Å². The van der Waals surface area contributed by atoms with Gasteiger partial charge in [0, 0.05) is 22.3 Å². The number of rotatable bonds is 6. The average Bonchev–Trinajstić information content (AvgIpc) is 3.03. The second-order valence-corrected chi connectivity index (χ2v) is 7.01. The highest BCUT2D eigenvalue weighted by molar-refractivity contribution is 9.10. The van der Waals surface area contributed by atoms with Crippen molar-refractivity contribution < 1.29 is 18.7 Å². The molecule has 1 aromatic heterocycles. The van der Waals surface area contributed by atoms with Crippen LogP contribution in [0, 0.1) is 5.82 Å². The van der Waals surface area contributed by atoms with E-state index in [0.29, 0.717) is 37.9 Å². The van der Waals surface area contributed by atoms with Crippen molar-refractivity contribution in [1.29, 1.82) is 0 Å². The number of amides is 1. The van der Waals surface area contributed by atoms with Gasteiger partial charge in [-0.25, -0.2) is 4.39 Å². The zero-order valence-corrected chi connectivity index (χ0v) is 17.3. The summed E-state index contributed by atoms with van der Waals surface area (Å²) in [7, 11) is 3.01. The van der Waals surface area contributed by atoms with Crippen molar-refractivity contribution >= 4 is 39.3 Å². The summed E-state index contributed by atoms with van der Waals surface area (Å²) in [4.78, 5) is 12.6. The van der Waals surface area contributed by atoms with Gasteiger partial charge in [0.2, 0.25) is 0 Å². The summed E-state index contributed by atoms with van der Waals surface area (Å²) in [6, 6.07) is 9.30. The zero-order chi connectivity index (χ0) is 20.3. The van der Waals surface area contributed by atoms with Crippen molar-refractivity contribution in [3.05, 3.63) is 69.0 Å². The molecule has 28 heavy (non-hydrogen) atoms. The summed E-state index contributed by atoms with van der Waals surface area (Å²) in [6.07, 6.45) is 1.63. The molecular formula is C19H16BrClFN3O3. The first-order valence-corrected chi connectivity index (χ1v) is 9.29. The second-order valence-electron chi connectivity index (χ2n) is 5.75. The van der Waals surface area contributed by atoms with Gasteiger partial charge in [-0.3, -0.25) is 9.48 Å². The molecule has 0 spiro atoms. The number of carbonyl (C=O) groups is 1. The second kappa shape index (κ2) is 8.62.